The van der Waals surface area contributed by atoms with Gasteiger partial charge in [-0.3, -0.25) is 9.59 Å². The van der Waals surface area contributed by atoms with E-state index in [9.17, 15) is 19.8 Å². The molecule has 0 atom stereocenters. The molecule has 0 saturated heterocycles. The molecule has 4 N–H and O–H groups in total. The molecule has 2 aromatic carbocycles. The van der Waals surface area contributed by atoms with Gasteiger partial charge in [0.1, 0.15) is 11.5 Å². The van der Waals surface area contributed by atoms with E-state index in [0.717, 1.165) is 0 Å². The van der Waals surface area contributed by atoms with Gasteiger partial charge in [-0.2, -0.15) is 0 Å². The first-order chi connectivity index (χ1) is 9.02. The van der Waals surface area contributed by atoms with Gasteiger partial charge in [-0.05, 0) is 18.2 Å². The molecule has 0 fully saturated rings. The second kappa shape index (κ2) is 5.63. The second-order valence-electron chi connectivity index (χ2n) is 4.28. The highest BCUT2D eigenvalue weighted by molar-refractivity contribution is 6.31. The van der Waals surface area contributed by atoms with Crippen LogP contribution in [-0.2, 0) is 0 Å². The van der Waals surface area contributed by atoms with Gasteiger partial charge < -0.3 is 15.9 Å². The first-order valence-electron chi connectivity index (χ1n) is 5.55. The number of fused-ring (bicyclic) bond motifs is 2. The van der Waals surface area contributed by atoms with Gasteiger partial charge in [0.25, 0.3) is 0 Å². The molecule has 110 valence electrons. The topological polar surface area (TPSA) is 101 Å². The van der Waals surface area contributed by atoms with Gasteiger partial charge in [-0.1, -0.05) is 12.1 Å². The number of hydrogen-bond acceptors (Lipinski definition) is 5. The van der Waals surface area contributed by atoms with Crippen LogP contribution in [0.1, 0.15) is 31.8 Å². The van der Waals surface area contributed by atoms with Crippen molar-refractivity contribution < 1.29 is 19.8 Å². The molecule has 1 aliphatic carbocycles. The van der Waals surface area contributed by atoms with Crippen molar-refractivity contribution in [3.8, 4) is 11.5 Å². The van der Waals surface area contributed by atoms with Crippen LogP contribution >= 0.6 is 24.8 Å². The fraction of sp³-hybridized carbons (Fsp3) is 0. The van der Waals surface area contributed by atoms with Crippen LogP contribution in [-0.4, -0.2) is 21.8 Å². The van der Waals surface area contributed by atoms with Crippen molar-refractivity contribution in [1.82, 2.24) is 0 Å². The summed E-state index contributed by atoms with van der Waals surface area (Å²) >= 11 is 0. The lowest BCUT2D eigenvalue weighted by molar-refractivity contribution is 0.0975. The van der Waals surface area contributed by atoms with Crippen LogP contribution in [0.5, 0.6) is 11.5 Å². The summed E-state index contributed by atoms with van der Waals surface area (Å²) in [5, 5.41) is 19.5. The fourth-order valence-electron chi connectivity index (χ4n) is 2.31. The van der Waals surface area contributed by atoms with Crippen molar-refractivity contribution in [3.63, 3.8) is 0 Å². The molecule has 0 saturated carbocycles. The van der Waals surface area contributed by atoms with Crippen LogP contribution in [0.2, 0.25) is 0 Å². The van der Waals surface area contributed by atoms with E-state index in [-0.39, 0.29) is 64.3 Å². The van der Waals surface area contributed by atoms with Crippen molar-refractivity contribution in [3.05, 3.63) is 52.6 Å². The van der Waals surface area contributed by atoms with Crippen LogP contribution in [0.25, 0.3) is 0 Å². The molecular weight excluding hydrogens is 317 g/mol. The zero-order valence-electron chi connectivity index (χ0n) is 10.5. The monoisotopic (exact) mass is 327 g/mol. The Balaban J connectivity index is 0.00000110. The van der Waals surface area contributed by atoms with Crippen LogP contribution in [0.4, 0.5) is 5.69 Å². The Morgan fingerprint density at radius 1 is 0.762 bits per heavy atom. The summed E-state index contributed by atoms with van der Waals surface area (Å²) in [4.78, 5) is 24.6. The SMILES string of the molecule is Cl.Cl.Nc1cccc2c1C(=O)c1c(O)ccc(O)c1C2=O. The second-order valence-corrected chi connectivity index (χ2v) is 4.28. The van der Waals surface area contributed by atoms with Gasteiger partial charge in [0.15, 0.2) is 11.6 Å². The highest BCUT2D eigenvalue weighted by Gasteiger charge is 2.35. The first-order valence-corrected chi connectivity index (χ1v) is 5.55. The molecule has 0 aliphatic heterocycles. The number of aromatic hydroxyl groups is 2. The highest BCUT2D eigenvalue weighted by atomic mass is 35.5. The minimum atomic E-state index is -0.559. The number of phenols is 2. The standard InChI is InChI=1S/C14H9NO4.2ClH/c15-7-3-1-2-6-10(7)14(19)12-9(17)5-4-8(16)11(12)13(6)18;;/h1-5,16-17H,15H2;2*1H. The minimum absolute atomic E-state index is 0. The zero-order valence-corrected chi connectivity index (χ0v) is 12.1. The predicted molar refractivity (Wildman–Crippen MR) is 82.0 cm³/mol. The number of nitrogen functional groups attached to an aromatic ring is 1. The van der Waals surface area contributed by atoms with Crippen LogP contribution in [0, 0.1) is 0 Å². The highest BCUT2D eigenvalue weighted by Crippen LogP contribution is 2.38. The summed E-state index contributed by atoms with van der Waals surface area (Å²) in [6.45, 7) is 0. The van der Waals surface area contributed by atoms with Crippen LogP contribution < -0.4 is 5.73 Å². The lowest BCUT2D eigenvalue weighted by Crippen LogP contribution is -2.22. The molecule has 5 nitrogen and oxygen atoms in total. The number of benzene rings is 2. The van der Waals surface area contributed by atoms with Crippen molar-refractivity contribution in [2.24, 2.45) is 0 Å². The van der Waals surface area contributed by atoms with Crippen molar-refractivity contribution in [2.45, 2.75) is 0 Å². The molecular formula is C14H11Cl2NO4. The van der Waals surface area contributed by atoms with Gasteiger partial charge in [0, 0.05) is 11.3 Å². The summed E-state index contributed by atoms with van der Waals surface area (Å²) in [7, 11) is 0. The van der Waals surface area contributed by atoms with Crippen LogP contribution in [0.15, 0.2) is 30.3 Å². The van der Waals surface area contributed by atoms with Gasteiger partial charge >= 0.3 is 0 Å². The summed E-state index contributed by atoms with van der Waals surface area (Å²) in [5.41, 5.74) is 5.72. The maximum atomic E-state index is 12.3. The van der Waals surface area contributed by atoms with Gasteiger partial charge in [-0.25, -0.2) is 0 Å². The average Bonchev–Trinajstić information content (AvgIpc) is 2.38. The van der Waals surface area contributed by atoms with Crippen molar-refractivity contribution in [2.75, 3.05) is 5.73 Å². The van der Waals surface area contributed by atoms with E-state index >= 15 is 0 Å². The normalized spacial score (nSPS) is 11.8. The lowest BCUT2D eigenvalue weighted by Gasteiger charge is -2.20. The molecule has 0 radical (unpaired) electrons. The smallest absolute Gasteiger partial charge is 0.200 e. The number of hydrogen-bond donors (Lipinski definition) is 3. The number of anilines is 1. The molecule has 0 aromatic heterocycles. The molecule has 0 bridgehead atoms. The maximum absolute atomic E-state index is 12.3. The number of nitrogens with two attached hydrogens (primary N) is 1. The Labute approximate surface area is 132 Å². The molecule has 21 heavy (non-hydrogen) atoms. The fourth-order valence-corrected chi connectivity index (χ4v) is 2.31. The molecule has 0 amide bonds. The zero-order chi connectivity index (χ0) is 13.7. The number of halogens is 2. The third-order valence-corrected chi connectivity index (χ3v) is 3.18. The molecule has 0 unspecified atom stereocenters. The maximum Gasteiger partial charge on any atom is 0.200 e. The number of carbonyl (C=O) groups excluding carboxylic acids is 2. The first kappa shape index (κ1) is 16.8. The summed E-state index contributed by atoms with van der Waals surface area (Å²) < 4.78 is 0. The number of phenolic OH excluding ortho intramolecular Hbond substituents is 2. The summed E-state index contributed by atoms with van der Waals surface area (Å²) in [6, 6.07) is 6.89. The molecule has 0 spiro atoms. The largest absolute Gasteiger partial charge is 0.507 e. The minimum Gasteiger partial charge on any atom is -0.507 e. The molecule has 1 aliphatic rings. The Kier molecular flexibility index (Phi) is 4.51. The molecule has 7 heteroatoms. The molecule has 2 aromatic rings. The molecule has 0 heterocycles. The van der Waals surface area contributed by atoms with E-state index in [1.54, 1.807) is 6.07 Å². The van der Waals surface area contributed by atoms with E-state index in [0.29, 0.717) is 0 Å². The van der Waals surface area contributed by atoms with E-state index in [4.69, 9.17) is 5.73 Å². The Hall–Kier alpha value is -2.24. The van der Waals surface area contributed by atoms with E-state index in [1.807, 2.05) is 0 Å². The Morgan fingerprint density at radius 2 is 1.29 bits per heavy atom. The molecule has 3 rings (SSSR count). The summed E-state index contributed by atoms with van der Waals surface area (Å²) in [6.07, 6.45) is 0. The quantitative estimate of drug-likeness (QED) is 0.434. The van der Waals surface area contributed by atoms with Crippen molar-refractivity contribution >= 4 is 42.1 Å². The third kappa shape index (κ3) is 2.20. The Morgan fingerprint density at radius 3 is 1.86 bits per heavy atom. The van der Waals surface area contributed by atoms with E-state index in [1.165, 1.54) is 24.3 Å². The predicted octanol–water partition coefficient (Wildman–Crippen LogP) is 2.30. The lowest BCUT2D eigenvalue weighted by atomic mass is 9.82. The van der Waals surface area contributed by atoms with Gasteiger partial charge in [0.05, 0.1) is 16.7 Å². The van der Waals surface area contributed by atoms with E-state index < -0.39 is 11.6 Å². The third-order valence-electron chi connectivity index (χ3n) is 3.18. The Bertz CT molecular complexity index is 759. The average molecular weight is 328 g/mol. The van der Waals surface area contributed by atoms with Gasteiger partial charge in [0.2, 0.25) is 0 Å². The van der Waals surface area contributed by atoms with Crippen LogP contribution in [0.3, 0.4) is 0 Å². The number of ketones is 2. The van der Waals surface area contributed by atoms with Crippen molar-refractivity contribution in [1.29, 1.82) is 0 Å². The number of carbonyl (C=O) groups is 2. The summed E-state index contributed by atoms with van der Waals surface area (Å²) in [5.74, 6) is -1.76. The number of rotatable bonds is 0. The van der Waals surface area contributed by atoms with E-state index in [2.05, 4.69) is 0 Å². The van der Waals surface area contributed by atoms with Gasteiger partial charge in [-0.15, -0.1) is 24.8 Å².